The number of ether oxygens (including phenoxy) is 1. The number of fused-ring (bicyclic) bond motifs is 1. The van der Waals surface area contributed by atoms with Gasteiger partial charge in [0.1, 0.15) is 16.9 Å². The van der Waals surface area contributed by atoms with Gasteiger partial charge in [-0.15, -0.1) is 11.8 Å². The summed E-state index contributed by atoms with van der Waals surface area (Å²) in [5, 5.41) is 14.4. The summed E-state index contributed by atoms with van der Waals surface area (Å²) in [6.07, 6.45) is -2.89. The molecule has 0 radical (unpaired) electrons. The molecule has 1 aromatic carbocycles. The number of thioether (sulfide) groups is 1. The third-order valence-corrected chi connectivity index (χ3v) is 6.90. The molecule has 6 nitrogen and oxygen atoms in total. The number of benzene rings is 1. The van der Waals surface area contributed by atoms with Crippen molar-refractivity contribution in [2.24, 2.45) is 0 Å². The van der Waals surface area contributed by atoms with E-state index in [1.165, 1.54) is 5.56 Å². The Hall–Kier alpha value is -2.61. The zero-order valence-corrected chi connectivity index (χ0v) is 21.3. The molecule has 0 spiro atoms. The number of rotatable bonds is 5. The first-order valence-corrected chi connectivity index (χ1v) is 12.9. The third-order valence-electron chi connectivity index (χ3n) is 5.92. The lowest BCUT2D eigenvalue weighted by molar-refractivity contribution is -0.156. The molecule has 2 aliphatic heterocycles. The van der Waals surface area contributed by atoms with Crippen molar-refractivity contribution >= 4 is 23.9 Å². The Morgan fingerprint density at radius 1 is 1.22 bits per heavy atom. The summed E-state index contributed by atoms with van der Waals surface area (Å²) in [6, 6.07) is 13.0. The first-order chi connectivity index (χ1) is 17.1. The van der Waals surface area contributed by atoms with Crippen molar-refractivity contribution in [3.05, 3.63) is 52.6 Å². The molecule has 4 rings (SSSR count). The number of alkyl halides is 3. The maximum atomic E-state index is 10.4. The number of anilines is 1. The molecule has 1 saturated heterocycles. The highest BCUT2D eigenvalue weighted by atomic mass is 32.2. The van der Waals surface area contributed by atoms with E-state index in [9.17, 15) is 18.4 Å². The van der Waals surface area contributed by atoms with E-state index >= 15 is 0 Å². The van der Waals surface area contributed by atoms with Crippen LogP contribution in [0.25, 0.3) is 0 Å². The van der Waals surface area contributed by atoms with Crippen molar-refractivity contribution in [2.75, 3.05) is 36.8 Å². The second kappa shape index (κ2) is 12.6. The van der Waals surface area contributed by atoms with Crippen LogP contribution in [0.5, 0.6) is 0 Å². The summed E-state index contributed by atoms with van der Waals surface area (Å²) in [7, 11) is 0. The summed E-state index contributed by atoms with van der Waals surface area (Å²) in [4.78, 5) is 16.1. The number of nitrogens with one attached hydrogen (secondary N) is 1. The second-order valence-corrected chi connectivity index (χ2v) is 10.3. The number of aryl methyl sites for hydroxylation is 1. The molecule has 0 amide bonds. The van der Waals surface area contributed by atoms with Gasteiger partial charge in [-0.1, -0.05) is 30.3 Å². The van der Waals surface area contributed by atoms with Crippen LogP contribution in [0, 0.1) is 11.3 Å². The minimum atomic E-state index is -4.64. The van der Waals surface area contributed by atoms with E-state index in [-0.39, 0.29) is 5.60 Å². The van der Waals surface area contributed by atoms with Gasteiger partial charge in [0.15, 0.2) is 0 Å². The van der Waals surface area contributed by atoms with Crippen LogP contribution < -0.4 is 10.2 Å². The average Bonchev–Trinajstić information content (AvgIpc) is 3.13. The Labute approximate surface area is 214 Å². The van der Waals surface area contributed by atoms with E-state index in [4.69, 9.17) is 14.5 Å². The van der Waals surface area contributed by atoms with E-state index in [1.807, 2.05) is 6.07 Å². The Bertz CT molecular complexity index is 1060. The fourth-order valence-corrected chi connectivity index (χ4v) is 5.17. The van der Waals surface area contributed by atoms with E-state index < -0.39 is 12.5 Å². The van der Waals surface area contributed by atoms with Gasteiger partial charge in [-0.3, -0.25) is 4.79 Å². The number of pyridine rings is 1. The number of carbonyl (C=O) groups excluding carboxylic acids is 1. The highest BCUT2D eigenvalue weighted by Crippen LogP contribution is 2.38. The third kappa shape index (κ3) is 7.95. The molecule has 0 bridgehead atoms. The van der Waals surface area contributed by atoms with E-state index in [2.05, 4.69) is 54.4 Å². The molecular formula is C26H31F3N4O2S. The lowest BCUT2D eigenvalue weighted by Crippen LogP contribution is -2.36. The maximum absolute atomic E-state index is 10.4. The van der Waals surface area contributed by atoms with Gasteiger partial charge in [0.2, 0.25) is 6.29 Å². The molecule has 3 heterocycles. The second-order valence-electron chi connectivity index (χ2n) is 9.24. The monoisotopic (exact) mass is 520 g/mol. The molecule has 0 atom stereocenters. The smallest absolute Gasteiger partial charge is 0.370 e. The summed E-state index contributed by atoms with van der Waals surface area (Å²) < 4.78 is 37.4. The van der Waals surface area contributed by atoms with Gasteiger partial charge < -0.3 is 15.0 Å². The molecule has 1 N–H and O–H groups in total. The van der Waals surface area contributed by atoms with Gasteiger partial charge >= 0.3 is 6.18 Å². The van der Waals surface area contributed by atoms with Crippen molar-refractivity contribution in [3.8, 4) is 6.07 Å². The van der Waals surface area contributed by atoms with Gasteiger partial charge in [0.25, 0.3) is 0 Å². The maximum Gasteiger partial charge on any atom is 0.446 e. The normalized spacial score (nSPS) is 17.2. The summed E-state index contributed by atoms with van der Waals surface area (Å²) in [5.41, 5.74) is 4.05. The average molecular weight is 521 g/mol. The molecule has 0 saturated carbocycles. The number of halogens is 3. The van der Waals surface area contributed by atoms with Crippen LogP contribution in [0.1, 0.15) is 42.5 Å². The SMILES string of the molecule is CC1(C)Cc2c(C#N)c(SCCc3ccccc3)nc(N3CCCNCC3)c2CO1.O=CC(F)(F)F. The van der Waals surface area contributed by atoms with Crippen LogP contribution >= 0.6 is 11.8 Å². The molecule has 194 valence electrons. The Balaban J connectivity index is 0.000000538. The fraction of sp³-hybridized carbons (Fsp3) is 0.500. The number of carbonyl (C=O) groups is 1. The van der Waals surface area contributed by atoms with Gasteiger partial charge in [-0.25, -0.2) is 4.98 Å². The predicted octanol–water partition coefficient (Wildman–Crippen LogP) is 4.69. The van der Waals surface area contributed by atoms with Crippen molar-refractivity contribution in [1.29, 1.82) is 5.26 Å². The number of aromatic nitrogens is 1. The van der Waals surface area contributed by atoms with Crippen molar-refractivity contribution in [3.63, 3.8) is 0 Å². The summed E-state index contributed by atoms with van der Waals surface area (Å²) in [6.45, 7) is 8.65. The molecule has 36 heavy (non-hydrogen) atoms. The molecule has 1 fully saturated rings. The Morgan fingerprint density at radius 2 is 1.94 bits per heavy atom. The highest BCUT2D eigenvalue weighted by Gasteiger charge is 2.33. The van der Waals surface area contributed by atoms with Crippen molar-refractivity contribution in [2.45, 2.75) is 56.5 Å². The zero-order chi connectivity index (χ0) is 26.2. The minimum absolute atomic E-state index is 0.260. The number of hydrogen-bond donors (Lipinski definition) is 1. The minimum Gasteiger partial charge on any atom is -0.370 e. The van der Waals surface area contributed by atoms with Crippen molar-refractivity contribution in [1.82, 2.24) is 10.3 Å². The molecule has 0 unspecified atom stereocenters. The zero-order valence-electron chi connectivity index (χ0n) is 20.5. The van der Waals surface area contributed by atoms with Crippen LogP contribution in [0.4, 0.5) is 19.0 Å². The van der Waals surface area contributed by atoms with E-state index in [0.717, 1.165) is 78.7 Å². The number of nitriles is 1. The number of nitrogens with zero attached hydrogens (tertiary/aromatic N) is 3. The number of aldehydes is 1. The van der Waals surface area contributed by atoms with Gasteiger partial charge in [-0.2, -0.15) is 18.4 Å². The van der Waals surface area contributed by atoms with Crippen LogP contribution in [0.15, 0.2) is 35.4 Å². The molecule has 2 aliphatic rings. The molecule has 10 heteroatoms. The van der Waals surface area contributed by atoms with Crippen molar-refractivity contribution < 1.29 is 22.7 Å². The topological polar surface area (TPSA) is 78.2 Å². The molecule has 1 aromatic heterocycles. The van der Waals surface area contributed by atoms with Crippen LogP contribution in [-0.2, 0) is 29.0 Å². The lowest BCUT2D eigenvalue weighted by atomic mass is 9.89. The standard InChI is InChI=1S/C24H30N4OS.C2HF3O/c1-24(2)15-19-20(16-25)23(30-14-9-18-7-4-3-5-8-18)27-22(21(19)17-29-24)28-12-6-10-26-11-13-28;3-2(4,5)1-6/h3-5,7-8,26H,6,9-15,17H2,1-2H3;1H. The summed E-state index contributed by atoms with van der Waals surface area (Å²) >= 11 is 1.71. The van der Waals surface area contributed by atoms with Crippen LogP contribution in [0.2, 0.25) is 0 Å². The predicted molar refractivity (Wildman–Crippen MR) is 134 cm³/mol. The quantitative estimate of drug-likeness (QED) is 0.453. The van der Waals surface area contributed by atoms with Gasteiger partial charge in [0, 0.05) is 37.4 Å². The first-order valence-electron chi connectivity index (χ1n) is 11.9. The highest BCUT2D eigenvalue weighted by molar-refractivity contribution is 7.99. The van der Waals surface area contributed by atoms with E-state index in [0.29, 0.717) is 6.61 Å². The van der Waals surface area contributed by atoms with Crippen LogP contribution in [-0.4, -0.2) is 55.0 Å². The Morgan fingerprint density at radius 3 is 2.61 bits per heavy atom. The summed E-state index contributed by atoms with van der Waals surface area (Å²) in [5.74, 6) is 1.93. The molecule has 0 aliphatic carbocycles. The molecule has 2 aromatic rings. The number of hydrogen-bond acceptors (Lipinski definition) is 7. The van der Waals surface area contributed by atoms with Gasteiger partial charge in [0.05, 0.1) is 17.8 Å². The molecular weight excluding hydrogens is 489 g/mol. The lowest BCUT2D eigenvalue weighted by Gasteiger charge is -2.35. The first kappa shape index (κ1) is 28.0. The largest absolute Gasteiger partial charge is 0.446 e. The van der Waals surface area contributed by atoms with Gasteiger partial charge in [-0.05, 0) is 44.4 Å². The van der Waals surface area contributed by atoms with E-state index in [1.54, 1.807) is 11.8 Å². The fourth-order valence-electron chi connectivity index (χ4n) is 4.17. The van der Waals surface area contributed by atoms with Crippen LogP contribution in [0.3, 0.4) is 0 Å². The Kier molecular flexibility index (Phi) is 9.77.